The van der Waals surface area contributed by atoms with Crippen LogP contribution in [0.2, 0.25) is 0 Å². The molecule has 4 heteroatoms. The molecule has 0 bridgehead atoms. The van der Waals surface area contributed by atoms with Crippen LogP contribution in [0.15, 0.2) is 18.7 Å². The van der Waals surface area contributed by atoms with E-state index in [1.807, 2.05) is 18.7 Å². The van der Waals surface area contributed by atoms with Crippen LogP contribution in [-0.2, 0) is 6.54 Å². The van der Waals surface area contributed by atoms with Crippen molar-refractivity contribution in [3.05, 3.63) is 18.7 Å². The molecule has 1 fully saturated rings. The Kier molecular flexibility index (Phi) is 3.38. The molecule has 1 aliphatic heterocycles. The summed E-state index contributed by atoms with van der Waals surface area (Å²) in [6.45, 7) is 6.56. The fourth-order valence-corrected chi connectivity index (χ4v) is 2.05. The Hall–Kier alpha value is -0.870. The lowest BCUT2D eigenvalue weighted by atomic mass is 9.94. The van der Waals surface area contributed by atoms with Gasteiger partial charge in [-0.1, -0.05) is 6.92 Å². The summed E-state index contributed by atoms with van der Waals surface area (Å²) in [5.74, 6) is 0.675. The molecule has 0 spiro atoms. The predicted molar refractivity (Wildman–Crippen MR) is 60.4 cm³/mol. The lowest BCUT2D eigenvalue weighted by Gasteiger charge is -2.35. The minimum atomic E-state index is 0.349. The van der Waals surface area contributed by atoms with E-state index in [2.05, 4.69) is 21.4 Å². The number of nitrogens with two attached hydrogens (primary N) is 1. The maximum atomic E-state index is 6.06. The van der Waals surface area contributed by atoms with Crippen LogP contribution >= 0.6 is 0 Å². The molecule has 2 heterocycles. The molecular formula is C11H20N4. The van der Waals surface area contributed by atoms with Gasteiger partial charge in [-0.3, -0.25) is 0 Å². The van der Waals surface area contributed by atoms with Gasteiger partial charge in [0.15, 0.2) is 0 Å². The molecule has 15 heavy (non-hydrogen) atoms. The van der Waals surface area contributed by atoms with Gasteiger partial charge in [-0.25, -0.2) is 4.98 Å². The summed E-state index contributed by atoms with van der Waals surface area (Å²) in [6, 6.07) is 0.349. The highest BCUT2D eigenvalue weighted by Gasteiger charge is 2.22. The highest BCUT2D eigenvalue weighted by Crippen LogP contribution is 2.14. The molecule has 0 saturated carbocycles. The molecule has 1 aromatic heterocycles. The van der Waals surface area contributed by atoms with Gasteiger partial charge in [0.2, 0.25) is 0 Å². The average molecular weight is 208 g/mol. The quantitative estimate of drug-likeness (QED) is 0.789. The normalized spacial score (nSPS) is 28.1. The minimum absolute atomic E-state index is 0.349. The number of imidazole rings is 1. The van der Waals surface area contributed by atoms with Gasteiger partial charge in [-0.05, 0) is 18.9 Å². The van der Waals surface area contributed by atoms with Crippen molar-refractivity contribution in [2.24, 2.45) is 11.7 Å². The molecule has 84 valence electrons. The molecule has 2 atom stereocenters. The van der Waals surface area contributed by atoms with Crippen LogP contribution in [0, 0.1) is 5.92 Å². The molecule has 4 nitrogen and oxygen atoms in total. The number of hydrogen-bond donors (Lipinski definition) is 1. The van der Waals surface area contributed by atoms with Crippen molar-refractivity contribution in [3.63, 3.8) is 0 Å². The maximum absolute atomic E-state index is 6.06. The Labute approximate surface area is 91.1 Å². The topological polar surface area (TPSA) is 47.1 Å². The number of nitrogens with zero attached hydrogens (tertiary/aromatic N) is 3. The van der Waals surface area contributed by atoms with Crippen LogP contribution in [0.5, 0.6) is 0 Å². The summed E-state index contributed by atoms with van der Waals surface area (Å²) in [7, 11) is 0. The van der Waals surface area contributed by atoms with Crippen molar-refractivity contribution in [2.45, 2.75) is 25.9 Å². The van der Waals surface area contributed by atoms with Gasteiger partial charge in [-0.2, -0.15) is 0 Å². The largest absolute Gasteiger partial charge is 0.336 e. The summed E-state index contributed by atoms with van der Waals surface area (Å²) in [5, 5.41) is 0. The zero-order valence-electron chi connectivity index (χ0n) is 9.34. The van der Waals surface area contributed by atoms with E-state index in [0.717, 1.165) is 19.6 Å². The monoisotopic (exact) mass is 208 g/mol. The van der Waals surface area contributed by atoms with E-state index in [0.29, 0.717) is 12.0 Å². The Morgan fingerprint density at radius 1 is 1.47 bits per heavy atom. The van der Waals surface area contributed by atoms with Crippen molar-refractivity contribution < 1.29 is 0 Å². The molecule has 0 aromatic carbocycles. The molecule has 1 saturated heterocycles. The summed E-state index contributed by atoms with van der Waals surface area (Å²) >= 11 is 0. The van der Waals surface area contributed by atoms with Gasteiger partial charge in [0.25, 0.3) is 0 Å². The van der Waals surface area contributed by atoms with Gasteiger partial charge in [0.1, 0.15) is 0 Å². The fraction of sp³-hybridized carbons (Fsp3) is 0.727. The van der Waals surface area contributed by atoms with Crippen LogP contribution in [0.3, 0.4) is 0 Å². The van der Waals surface area contributed by atoms with E-state index in [-0.39, 0.29) is 0 Å². The molecule has 0 radical (unpaired) electrons. The zero-order chi connectivity index (χ0) is 10.7. The number of piperidine rings is 1. The predicted octanol–water partition coefficient (Wildman–Crippen LogP) is 0.552. The van der Waals surface area contributed by atoms with Crippen molar-refractivity contribution in [2.75, 3.05) is 19.6 Å². The molecule has 2 rings (SSSR count). The Morgan fingerprint density at radius 3 is 3.00 bits per heavy atom. The molecule has 2 N–H and O–H groups in total. The molecule has 1 aliphatic rings. The van der Waals surface area contributed by atoms with Gasteiger partial charge in [0, 0.05) is 38.1 Å². The second-order valence-electron chi connectivity index (χ2n) is 4.53. The van der Waals surface area contributed by atoms with E-state index in [9.17, 15) is 0 Å². The molecule has 1 aromatic rings. The zero-order valence-corrected chi connectivity index (χ0v) is 9.34. The van der Waals surface area contributed by atoms with E-state index < -0.39 is 0 Å². The number of rotatable bonds is 3. The summed E-state index contributed by atoms with van der Waals surface area (Å²) in [6.07, 6.45) is 6.92. The SMILES string of the molecule is CC1CCN(CCn2ccnc2)CC1N. The van der Waals surface area contributed by atoms with E-state index in [1.54, 1.807) is 0 Å². The third-order valence-electron chi connectivity index (χ3n) is 3.33. The van der Waals surface area contributed by atoms with Gasteiger partial charge in [0.05, 0.1) is 6.33 Å². The third-order valence-corrected chi connectivity index (χ3v) is 3.33. The number of hydrogen-bond acceptors (Lipinski definition) is 3. The smallest absolute Gasteiger partial charge is 0.0946 e. The first kappa shape index (κ1) is 10.6. The third kappa shape index (κ3) is 2.79. The maximum Gasteiger partial charge on any atom is 0.0946 e. The van der Waals surface area contributed by atoms with Crippen LogP contribution in [-0.4, -0.2) is 40.1 Å². The average Bonchev–Trinajstić information content (AvgIpc) is 2.73. The minimum Gasteiger partial charge on any atom is -0.336 e. The number of likely N-dealkylation sites (tertiary alicyclic amines) is 1. The fourth-order valence-electron chi connectivity index (χ4n) is 2.05. The summed E-state index contributed by atoms with van der Waals surface area (Å²) in [5.41, 5.74) is 6.06. The second-order valence-corrected chi connectivity index (χ2v) is 4.53. The lowest BCUT2D eigenvalue weighted by Crippen LogP contribution is -2.48. The van der Waals surface area contributed by atoms with Gasteiger partial charge < -0.3 is 15.2 Å². The highest BCUT2D eigenvalue weighted by atomic mass is 15.2. The first-order chi connectivity index (χ1) is 7.25. The highest BCUT2D eigenvalue weighted by molar-refractivity contribution is 4.81. The van der Waals surface area contributed by atoms with Crippen LogP contribution < -0.4 is 5.73 Å². The Morgan fingerprint density at radius 2 is 2.33 bits per heavy atom. The second kappa shape index (κ2) is 4.77. The number of aromatic nitrogens is 2. The standard InChI is InChI=1S/C11H20N4/c1-10-2-4-14(8-11(10)12)6-7-15-5-3-13-9-15/h3,5,9-11H,2,4,6-8,12H2,1H3. The first-order valence-corrected chi connectivity index (χ1v) is 5.69. The van der Waals surface area contributed by atoms with Crippen LogP contribution in [0.1, 0.15) is 13.3 Å². The first-order valence-electron chi connectivity index (χ1n) is 5.69. The van der Waals surface area contributed by atoms with Crippen LogP contribution in [0.4, 0.5) is 0 Å². The van der Waals surface area contributed by atoms with Gasteiger partial charge >= 0.3 is 0 Å². The molecule has 0 amide bonds. The lowest BCUT2D eigenvalue weighted by molar-refractivity contribution is 0.164. The van der Waals surface area contributed by atoms with Crippen molar-refractivity contribution >= 4 is 0 Å². The molecular weight excluding hydrogens is 188 g/mol. The summed E-state index contributed by atoms with van der Waals surface area (Å²) in [4.78, 5) is 6.48. The Bertz CT molecular complexity index is 283. The van der Waals surface area contributed by atoms with Crippen molar-refractivity contribution in [3.8, 4) is 0 Å². The van der Waals surface area contributed by atoms with E-state index in [1.165, 1.54) is 13.0 Å². The molecule has 2 unspecified atom stereocenters. The van der Waals surface area contributed by atoms with E-state index >= 15 is 0 Å². The van der Waals surface area contributed by atoms with Crippen molar-refractivity contribution in [1.29, 1.82) is 0 Å². The molecule has 0 aliphatic carbocycles. The summed E-state index contributed by atoms with van der Waals surface area (Å²) < 4.78 is 2.11. The van der Waals surface area contributed by atoms with Gasteiger partial charge in [-0.15, -0.1) is 0 Å². The van der Waals surface area contributed by atoms with E-state index in [4.69, 9.17) is 5.73 Å². The van der Waals surface area contributed by atoms with Crippen LogP contribution in [0.25, 0.3) is 0 Å². The van der Waals surface area contributed by atoms with Crippen molar-refractivity contribution in [1.82, 2.24) is 14.5 Å². The Balaban J connectivity index is 1.76.